The highest BCUT2D eigenvalue weighted by molar-refractivity contribution is 6.19. The van der Waals surface area contributed by atoms with Crippen LogP contribution in [0.25, 0.3) is 0 Å². The summed E-state index contributed by atoms with van der Waals surface area (Å²) in [4.78, 5) is 18.4. The van der Waals surface area contributed by atoms with Crippen LogP contribution in [-0.2, 0) is 9.53 Å². The van der Waals surface area contributed by atoms with E-state index < -0.39 is 0 Å². The van der Waals surface area contributed by atoms with Crippen LogP contribution >= 0.6 is 0 Å². The third-order valence-electron chi connectivity index (χ3n) is 3.55. The van der Waals surface area contributed by atoms with Gasteiger partial charge in [0, 0.05) is 23.9 Å². The minimum absolute atomic E-state index is 0.0855. The number of benzodiazepines with no additional fused rings is 1. The summed E-state index contributed by atoms with van der Waals surface area (Å²) < 4.78 is 5.16. The zero-order valence-corrected chi connectivity index (χ0v) is 12.3. The molecule has 0 fully saturated rings. The van der Waals surface area contributed by atoms with E-state index in [4.69, 9.17) is 10.5 Å². The number of benzene rings is 2. The molecule has 0 saturated heterocycles. The van der Waals surface area contributed by atoms with Gasteiger partial charge in [-0.3, -0.25) is 14.7 Å². The molecule has 1 heterocycles. The maximum atomic E-state index is 12.3. The number of aliphatic imine (C=N–C) groups is 1. The van der Waals surface area contributed by atoms with Gasteiger partial charge < -0.3 is 10.5 Å². The number of hydrogen-bond acceptors (Lipinski definition) is 4. The number of amides is 1. The van der Waals surface area contributed by atoms with Gasteiger partial charge in [-0.15, -0.1) is 0 Å². The van der Waals surface area contributed by atoms with Gasteiger partial charge in [0.05, 0.1) is 11.4 Å². The van der Waals surface area contributed by atoms with Crippen molar-refractivity contribution >= 4 is 23.0 Å². The van der Waals surface area contributed by atoms with Crippen molar-refractivity contribution in [2.45, 2.75) is 0 Å². The third kappa shape index (κ3) is 2.58. The topological polar surface area (TPSA) is 67.9 Å². The summed E-state index contributed by atoms with van der Waals surface area (Å²) in [5.74, 6) is -0.0983. The summed E-state index contributed by atoms with van der Waals surface area (Å²) in [6, 6.07) is 15.3. The standard InChI is InChI=1S/C17H17N3O2/c1-22-11-20-15-8-7-13(18)9-14(15)17(19-10-16(20)21)12-5-3-2-4-6-12/h2-9H,10-11,18H2,1H3. The zero-order valence-electron chi connectivity index (χ0n) is 12.3. The number of rotatable bonds is 3. The molecule has 0 radical (unpaired) electrons. The van der Waals surface area contributed by atoms with E-state index in [2.05, 4.69) is 4.99 Å². The number of carbonyl (C=O) groups is 1. The van der Waals surface area contributed by atoms with E-state index in [0.29, 0.717) is 5.69 Å². The van der Waals surface area contributed by atoms with E-state index in [1.807, 2.05) is 42.5 Å². The molecule has 0 spiro atoms. The molecule has 2 aromatic carbocycles. The molecule has 0 aliphatic carbocycles. The number of ether oxygens (including phenoxy) is 1. The predicted octanol–water partition coefficient (Wildman–Crippen LogP) is 2.06. The third-order valence-corrected chi connectivity index (χ3v) is 3.55. The van der Waals surface area contributed by atoms with Crippen LogP contribution in [-0.4, -0.2) is 32.0 Å². The average Bonchev–Trinajstić information content (AvgIpc) is 2.66. The van der Waals surface area contributed by atoms with E-state index in [0.717, 1.165) is 22.5 Å². The number of anilines is 2. The van der Waals surface area contributed by atoms with Crippen LogP contribution in [0, 0.1) is 0 Å². The molecule has 0 unspecified atom stereocenters. The molecule has 2 N–H and O–H groups in total. The fourth-order valence-electron chi connectivity index (χ4n) is 2.54. The SMILES string of the molecule is COCN1C(=O)CN=C(c2ccccc2)c2cc(N)ccc21. The van der Waals surface area contributed by atoms with Gasteiger partial charge in [0.15, 0.2) is 0 Å². The first-order valence-corrected chi connectivity index (χ1v) is 7.00. The van der Waals surface area contributed by atoms with E-state index in [9.17, 15) is 4.79 Å². The second-order valence-electron chi connectivity index (χ2n) is 5.05. The number of fused-ring (bicyclic) bond motifs is 1. The minimum Gasteiger partial charge on any atom is -0.399 e. The molecule has 1 amide bonds. The quantitative estimate of drug-likeness (QED) is 0.881. The Kier molecular flexibility index (Phi) is 3.89. The van der Waals surface area contributed by atoms with Crippen molar-refractivity contribution in [1.82, 2.24) is 0 Å². The summed E-state index contributed by atoms with van der Waals surface area (Å²) in [6.07, 6.45) is 0. The molecule has 112 valence electrons. The Balaban J connectivity index is 2.18. The second kappa shape index (κ2) is 5.99. The Labute approximate surface area is 129 Å². The van der Waals surface area contributed by atoms with Crippen LogP contribution in [0.5, 0.6) is 0 Å². The number of hydrogen-bond donors (Lipinski definition) is 1. The van der Waals surface area contributed by atoms with Crippen molar-refractivity contribution < 1.29 is 9.53 Å². The number of carbonyl (C=O) groups excluding carboxylic acids is 1. The highest BCUT2D eigenvalue weighted by atomic mass is 16.5. The van der Waals surface area contributed by atoms with Gasteiger partial charge in [0.1, 0.15) is 13.3 Å². The molecule has 0 atom stereocenters. The van der Waals surface area contributed by atoms with Crippen molar-refractivity contribution in [2.24, 2.45) is 4.99 Å². The fraction of sp³-hybridized carbons (Fsp3) is 0.176. The van der Waals surface area contributed by atoms with Crippen molar-refractivity contribution in [1.29, 1.82) is 0 Å². The number of nitrogens with two attached hydrogens (primary N) is 1. The van der Waals surface area contributed by atoms with Crippen LogP contribution in [0.15, 0.2) is 53.5 Å². The van der Waals surface area contributed by atoms with Gasteiger partial charge in [-0.25, -0.2) is 0 Å². The maximum absolute atomic E-state index is 12.3. The van der Waals surface area contributed by atoms with E-state index in [-0.39, 0.29) is 19.2 Å². The van der Waals surface area contributed by atoms with E-state index in [1.165, 1.54) is 0 Å². The molecule has 5 heteroatoms. The first-order valence-electron chi connectivity index (χ1n) is 7.00. The molecule has 5 nitrogen and oxygen atoms in total. The lowest BCUT2D eigenvalue weighted by molar-refractivity contribution is -0.118. The average molecular weight is 295 g/mol. The normalized spacial score (nSPS) is 14.3. The van der Waals surface area contributed by atoms with Crippen LogP contribution in [0.4, 0.5) is 11.4 Å². The lowest BCUT2D eigenvalue weighted by Crippen LogP contribution is -2.34. The van der Waals surface area contributed by atoms with Gasteiger partial charge >= 0.3 is 0 Å². The number of methoxy groups -OCH3 is 1. The van der Waals surface area contributed by atoms with Gasteiger partial charge in [0.2, 0.25) is 0 Å². The summed E-state index contributed by atoms with van der Waals surface area (Å²) in [6.45, 7) is 0.273. The van der Waals surface area contributed by atoms with Gasteiger partial charge in [-0.05, 0) is 18.2 Å². The molecular formula is C17H17N3O2. The molecular weight excluding hydrogens is 278 g/mol. The minimum atomic E-state index is -0.0983. The molecule has 1 aliphatic rings. The summed E-state index contributed by atoms with van der Waals surface area (Å²) in [7, 11) is 1.56. The summed E-state index contributed by atoms with van der Waals surface area (Å²) in [5.41, 5.74) is 9.91. The molecule has 2 aromatic rings. The molecule has 22 heavy (non-hydrogen) atoms. The highest BCUT2D eigenvalue weighted by Crippen LogP contribution is 2.28. The van der Waals surface area contributed by atoms with Crippen LogP contribution in [0.2, 0.25) is 0 Å². The smallest absolute Gasteiger partial charge is 0.250 e. The molecule has 0 bridgehead atoms. The Morgan fingerprint density at radius 2 is 2.00 bits per heavy atom. The Bertz CT molecular complexity index is 726. The molecule has 0 aromatic heterocycles. The Morgan fingerprint density at radius 3 is 2.73 bits per heavy atom. The van der Waals surface area contributed by atoms with Crippen molar-refractivity contribution in [3.05, 3.63) is 59.7 Å². The maximum Gasteiger partial charge on any atom is 0.250 e. The lowest BCUT2D eigenvalue weighted by Gasteiger charge is -2.22. The summed E-state index contributed by atoms with van der Waals surface area (Å²) >= 11 is 0. The van der Waals surface area contributed by atoms with Gasteiger partial charge in [-0.1, -0.05) is 30.3 Å². The zero-order chi connectivity index (χ0) is 15.5. The van der Waals surface area contributed by atoms with Crippen LogP contribution in [0.1, 0.15) is 11.1 Å². The number of nitrogen functional groups attached to an aromatic ring is 1. The van der Waals surface area contributed by atoms with Crippen molar-refractivity contribution in [3.63, 3.8) is 0 Å². The van der Waals surface area contributed by atoms with Crippen molar-refractivity contribution in [2.75, 3.05) is 31.0 Å². The largest absolute Gasteiger partial charge is 0.399 e. The highest BCUT2D eigenvalue weighted by Gasteiger charge is 2.25. The first-order chi connectivity index (χ1) is 10.7. The van der Waals surface area contributed by atoms with Crippen LogP contribution in [0.3, 0.4) is 0 Å². The summed E-state index contributed by atoms with van der Waals surface area (Å²) in [5, 5.41) is 0. The lowest BCUT2D eigenvalue weighted by atomic mass is 10.00. The second-order valence-corrected chi connectivity index (χ2v) is 5.05. The monoisotopic (exact) mass is 295 g/mol. The number of nitrogens with zero attached hydrogens (tertiary/aromatic N) is 2. The Hall–Kier alpha value is -2.66. The van der Waals surface area contributed by atoms with Crippen LogP contribution < -0.4 is 10.6 Å². The first kappa shape index (κ1) is 14.3. The van der Waals surface area contributed by atoms with E-state index >= 15 is 0 Å². The van der Waals surface area contributed by atoms with Crippen molar-refractivity contribution in [3.8, 4) is 0 Å². The Morgan fingerprint density at radius 1 is 1.23 bits per heavy atom. The van der Waals surface area contributed by atoms with E-state index in [1.54, 1.807) is 18.1 Å². The fourth-order valence-corrected chi connectivity index (χ4v) is 2.54. The van der Waals surface area contributed by atoms with Gasteiger partial charge in [-0.2, -0.15) is 0 Å². The molecule has 3 rings (SSSR count). The molecule has 0 saturated carbocycles. The predicted molar refractivity (Wildman–Crippen MR) is 87.2 cm³/mol. The van der Waals surface area contributed by atoms with Gasteiger partial charge in [0.25, 0.3) is 5.91 Å². The molecule has 1 aliphatic heterocycles.